The summed E-state index contributed by atoms with van der Waals surface area (Å²) < 4.78 is 16.8. The van der Waals surface area contributed by atoms with Gasteiger partial charge in [0.15, 0.2) is 6.29 Å². The minimum Gasteiger partial charge on any atom is -0.466 e. The van der Waals surface area contributed by atoms with E-state index >= 15 is 0 Å². The molecule has 0 aromatic rings. The third-order valence-corrected chi connectivity index (χ3v) is 20.2. The van der Waals surface area contributed by atoms with E-state index in [1.54, 1.807) is 6.08 Å². The van der Waals surface area contributed by atoms with Crippen LogP contribution in [0.15, 0.2) is 48.6 Å². The van der Waals surface area contributed by atoms with Crippen LogP contribution in [-0.4, -0.2) is 100 Å². The SMILES string of the molecule is CCCCCCCCC/C=C\CCCCCCCCCC(=O)OCCCCCCCCCCCCCCCCC/C=C\C/C=C\CCCCCCCCCCCCCCCCCCCC(=O)NC(COC1OC(CO)C(O)C(O)C1O)C(O)/C=C/CCCCCCCCCCCC. The Balaban J connectivity index is 1.87. The number of unbranched alkanes of at least 4 members (excludes halogenated alkanes) is 56. The number of ether oxygens (including phenoxy) is 3. The fourth-order valence-corrected chi connectivity index (χ4v) is 13.5. The molecule has 1 rings (SSSR count). The van der Waals surface area contributed by atoms with Crippen molar-refractivity contribution in [3.05, 3.63) is 48.6 Å². The van der Waals surface area contributed by atoms with Gasteiger partial charge in [0.05, 0.1) is 32.0 Å². The Labute approximate surface area is 599 Å². The summed E-state index contributed by atoms with van der Waals surface area (Å²) >= 11 is 0. The van der Waals surface area contributed by atoms with Gasteiger partial charge in [0.2, 0.25) is 5.91 Å². The number of aliphatic hydroxyl groups is 5. The highest BCUT2D eigenvalue weighted by atomic mass is 16.7. The minimum atomic E-state index is -1.57. The monoisotopic (exact) mass is 1370 g/mol. The summed E-state index contributed by atoms with van der Waals surface area (Å²) in [4.78, 5) is 25.2. The fourth-order valence-electron chi connectivity index (χ4n) is 13.5. The molecule has 11 nitrogen and oxygen atoms in total. The Morgan fingerprint density at radius 2 is 0.691 bits per heavy atom. The van der Waals surface area contributed by atoms with Gasteiger partial charge in [0.1, 0.15) is 24.4 Å². The summed E-state index contributed by atoms with van der Waals surface area (Å²) in [5.74, 6) is -0.164. The first-order valence-electron chi connectivity index (χ1n) is 42.4. The van der Waals surface area contributed by atoms with E-state index in [0.717, 1.165) is 64.2 Å². The summed E-state index contributed by atoms with van der Waals surface area (Å²) in [6, 6.07) is -0.808. The van der Waals surface area contributed by atoms with Gasteiger partial charge in [-0.1, -0.05) is 371 Å². The molecule has 0 aromatic carbocycles. The van der Waals surface area contributed by atoms with Gasteiger partial charge in [-0.2, -0.15) is 0 Å². The number of carbonyl (C=O) groups is 2. The van der Waals surface area contributed by atoms with E-state index in [1.165, 1.54) is 334 Å². The van der Waals surface area contributed by atoms with Crippen molar-refractivity contribution < 1.29 is 49.3 Å². The molecule has 7 atom stereocenters. The Hall–Kier alpha value is -2.38. The zero-order valence-electron chi connectivity index (χ0n) is 63.8. The topological polar surface area (TPSA) is 175 Å². The molecule has 570 valence electrons. The highest BCUT2D eigenvalue weighted by Gasteiger charge is 2.44. The van der Waals surface area contributed by atoms with E-state index in [4.69, 9.17) is 14.2 Å². The predicted octanol–water partition coefficient (Wildman–Crippen LogP) is 23.4. The summed E-state index contributed by atoms with van der Waals surface area (Å²) in [5, 5.41) is 54.5. The lowest BCUT2D eigenvalue weighted by Gasteiger charge is -2.40. The molecule has 0 aliphatic carbocycles. The molecule has 1 aliphatic rings. The fraction of sp³-hybridized carbons (Fsp3) is 0.884. The maximum atomic E-state index is 13.1. The van der Waals surface area contributed by atoms with Gasteiger partial charge in [0.25, 0.3) is 0 Å². The van der Waals surface area contributed by atoms with Crippen molar-refractivity contribution in [1.82, 2.24) is 5.32 Å². The Morgan fingerprint density at radius 1 is 0.381 bits per heavy atom. The molecule has 0 radical (unpaired) electrons. The number of hydrogen-bond donors (Lipinski definition) is 6. The lowest BCUT2D eigenvalue weighted by Crippen LogP contribution is -2.60. The highest BCUT2D eigenvalue weighted by Crippen LogP contribution is 2.24. The van der Waals surface area contributed by atoms with Gasteiger partial charge in [-0.05, 0) is 89.9 Å². The normalized spacial score (nSPS) is 17.5. The van der Waals surface area contributed by atoms with Crippen molar-refractivity contribution in [2.75, 3.05) is 19.8 Å². The molecule has 1 heterocycles. The number of carbonyl (C=O) groups excluding carboxylic acids is 2. The van der Waals surface area contributed by atoms with Gasteiger partial charge in [-0.15, -0.1) is 0 Å². The van der Waals surface area contributed by atoms with Crippen LogP contribution in [0.2, 0.25) is 0 Å². The van der Waals surface area contributed by atoms with Crippen molar-refractivity contribution in [2.24, 2.45) is 0 Å². The molecule has 0 saturated carbocycles. The smallest absolute Gasteiger partial charge is 0.305 e. The van der Waals surface area contributed by atoms with Crippen LogP contribution < -0.4 is 5.32 Å². The number of hydrogen-bond acceptors (Lipinski definition) is 10. The number of esters is 1. The molecule has 7 unspecified atom stereocenters. The van der Waals surface area contributed by atoms with Crippen LogP contribution in [-0.2, 0) is 23.8 Å². The zero-order chi connectivity index (χ0) is 70.1. The standard InChI is InChI=1S/C86H161NO10/c1-3-5-7-9-11-13-15-17-18-19-44-47-50-54-58-62-66-70-74-82(91)95-75-71-67-63-59-55-51-48-45-42-40-38-36-34-32-30-28-26-24-22-20-21-23-25-27-29-31-33-35-37-39-41-43-46-49-53-57-61-65-69-73-81(90)87-78(77-96-86-85(94)84(93)83(92)80(76-88)97-86)79(89)72-68-64-60-56-52-16-14-12-10-8-6-4-2/h18-21,24,26,68,72,78-80,83-86,88-89,92-94H,3-17,22-23,25,27-67,69-71,73-77H2,1-2H3,(H,87,90)/b19-18-,21-20-,26-24-,72-68+. The zero-order valence-corrected chi connectivity index (χ0v) is 63.8. The van der Waals surface area contributed by atoms with Gasteiger partial charge in [-0.3, -0.25) is 9.59 Å². The Morgan fingerprint density at radius 3 is 1.05 bits per heavy atom. The highest BCUT2D eigenvalue weighted by molar-refractivity contribution is 5.76. The van der Waals surface area contributed by atoms with E-state index in [0.29, 0.717) is 19.4 Å². The van der Waals surface area contributed by atoms with Gasteiger partial charge < -0.3 is 45.1 Å². The molecular formula is C86H161NO10. The molecule has 1 fully saturated rings. The molecule has 11 heteroatoms. The first-order chi connectivity index (χ1) is 47.7. The van der Waals surface area contributed by atoms with E-state index in [2.05, 4.69) is 55.6 Å². The molecule has 0 spiro atoms. The quantitative estimate of drug-likeness (QED) is 0.0195. The van der Waals surface area contributed by atoms with Gasteiger partial charge in [0, 0.05) is 12.8 Å². The van der Waals surface area contributed by atoms with Crippen molar-refractivity contribution in [3.63, 3.8) is 0 Å². The van der Waals surface area contributed by atoms with Crippen LogP contribution in [0, 0.1) is 0 Å². The molecule has 0 bridgehead atoms. The van der Waals surface area contributed by atoms with Crippen LogP contribution in [0.3, 0.4) is 0 Å². The average Bonchev–Trinajstić information content (AvgIpc) is 0.874. The summed E-state index contributed by atoms with van der Waals surface area (Å²) in [5.41, 5.74) is 0. The second-order valence-electron chi connectivity index (χ2n) is 29.5. The third-order valence-electron chi connectivity index (χ3n) is 20.2. The van der Waals surface area contributed by atoms with Crippen LogP contribution in [0.4, 0.5) is 0 Å². The van der Waals surface area contributed by atoms with Crippen LogP contribution in [0.25, 0.3) is 0 Å². The number of allylic oxidation sites excluding steroid dienone is 7. The largest absolute Gasteiger partial charge is 0.466 e. The number of rotatable bonds is 76. The van der Waals surface area contributed by atoms with Crippen LogP contribution in [0.1, 0.15) is 425 Å². The lowest BCUT2D eigenvalue weighted by molar-refractivity contribution is -0.302. The van der Waals surface area contributed by atoms with Crippen LogP contribution in [0.5, 0.6) is 0 Å². The average molecular weight is 1370 g/mol. The van der Waals surface area contributed by atoms with E-state index in [-0.39, 0.29) is 18.5 Å². The first-order valence-corrected chi connectivity index (χ1v) is 42.4. The van der Waals surface area contributed by atoms with Gasteiger partial charge >= 0.3 is 5.97 Å². The number of nitrogens with one attached hydrogen (secondary N) is 1. The molecule has 0 aromatic heterocycles. The first kappa shape index (κ1) is 92.6. The third kappa shape index (κ3) is 63.1. The molecule has 6 N–H and O–H groups in total. The van der Waals surface area contributed by atoms with Gasteiger partial charge in [-0.25, -0.2) is 0 Å². The summed E-state index contributed by atoms with van der Waals surface area (Å²) in [6.45, 7) is 4.39. The molecule has 1 aliphatic heterocycles. The van der Waals surface area contributed by atoms with Crippen molar-refractivity contribution in [1.29, 1.82) is 0 Å². The Kier molecular flexibility index (Phi) is 71.4. The van der Waals surface area contributed by atoms with E-state index in [1.807, 2.05) is 6.08 Å². The summed E-state index contributed by atoms with van der Waals surface area (Å²) in [7, 11) is 0. The van der Waals surface area contributed by atoms with Crippen molar-refractivity contribution in [2.45, 2.75) is 468 Å². The lowest BCUT2D eigenvalue weighted by atomic mass is 9.99. The van der Waals surface area contributed by atoms with Crippen molar-refractivity contribution in [3.8, 4) is 0 Å². The Bertz CT molecular complexity index is 1750. The molecule has 1 amide bonds. The maximum absolute atomic E-state index is 13.1. The maximum Gasteiger partial charge on any atom is 0.305 e. The predicted molar refractivity (Wildman–Crippen MR) is 412 cm³/mol. The van der Waals surface area contributed by atoms with E-state index < -0.39 is 49.5 Å². The second-order valence-corrected chi connectivity index (χ2v) is 29.5. The number of amides is 1. The minimum absolute atomic E-state index is 0.0123. The molecule has 97 heavy (non-hydrogen) atoms. The van der Waals surface area contributed by atoms with Crippen molar-refractivity contribution >= 4 is 11.9 Å². The second kappa shape index (κ2) is 74.8. The summed E-state index contributed by atoms with van der Waals surface area (Å²) in [6.07, 6.45) is 90.2. The number of aliphatic hydroxyl groups excluding tert-OH is 5. The van der Waals surface area contributed by atoms with Crippen LogP contribution >= 0.6 is 0 Å². The van der Waals surface area contributed by atoms with E-state index in [9.17, 15) is 35.1 Å². The molecule has 1 saturated heterocycles. The molecular weight excluding hydrogens is 1210 g/mol.